The number of nitrogens with zero attached hydrogens (tertiary/aromatic N) is 3. The van der Waals surface area contributed by atoms with Crippen LogP contribution in [0.5, 0.6) is 0 Å². The number of imidazole rings is 1. The van der Waals surface area contributed by atoms with Gasteiger partial charge in [0.05, 0.1) is 28.9 Å². The van der Waals surface area contributed by atoms with E-state index in [-0.39, 0.29) is 48.6 Å². The minimum atomic E-state index is -0.153. The van der Waals surface area contributed by atoms with Gasteiger partial charge in [0.2, 0.25) is 17.7 Å². The number of imide groups is 1. The molecule has 1 aromatic carbocycles. The lowest BCUT2D eigenvalue weighted by Crippen LogP contribution is -2.41. The van der Waals surface area contributed by atoms with Gasteiger partial charge >= 0.3 is 0 Å². The van der Waals surface area contributed by atoms with Crippen LogP contribution in [0, 0.1) is 11.8 Å². The molecule has 7 nitrogen and oxygen atoms in total. The standard InChI is InChI=1S/C23H28N4O3/c28-20(12-14-27-22(29)15-7-1-2-8-16(15)23(27)30)26-13-6-5-11-19(26)21-24-17-9-3-4-10-18(17)25-21/h3-4,9-10,15-16,19H,1-2,5-8,11-14H2,(H,24,25)/t15-,16-,19-/m0/s1. The van der Waals surface area contributed by atoms with Crippen LogP contribution in [0.3, 0.4) is 0 Å². The topological polar surface area (TPSA) is 86.4 Å². The Labute approximate surface area is 175 Å². The SMILES string of the molecule is O=C1[C@H]2CCCC[C@@H]2C(=O)N1CCC(=O)N1CCCC[C@H]1c1nc2ccccc2[nH]1. The first kappa shape index (κ1) is 19.3. The molecule has 1 saturated carbocycles. The first-order valence-electron chi connectivity index (χ1n) is 11.2. The summed E-state index contributed by atoms with van der Waals surface area (Å²) in [6, 6.07) is 7.80. The van der Waals surface area contributed by atoms with Gasteiger partial charge in [-0.3, -0.25) is 19.3 Å². The third-order valence-electron chi connectivity index (χ3n) is 7.03. The van der Waals surface area contributed by atoms with Crippen molar-refractivity contribution in [3.63, 3.8) is 0 Å². The van der Waals surface area contributed by atoms with Crippen molar-refractivity contribution in [2.24, 2.45) is 11.8 Å². The maximum absolute atomic E-state index is 13.1. The second kappa shape index (κ2) is 7.85. The maximum Gasteiger partial charge on any atom is 0.233 e. The molecule has 158 valence electrons. The Morgan fingerprint density at radius 2 is 1.70 bits per heavy atom. The van der Waals surface area contributed by atoms with Gasteiger partial charge < -0.3 is 9.88 Å². The molecule has 5 rings (SSSR count). The van der Waals surface area contributed by atoms with Gasteiger partial charge in [-0.15, -0.1) is 0 Å². The van der Waals surface area contributed by atoms with E-state index in [0.717, 1.165) is 61.8 Å². The minimum absolute atomic E-state index is 0.00405. The molecular weight excluding hydrogens is 380 g/mol. The highest BCUT2D eigenvalue weighted by molar-refractivity contribution is 6.05. The van der Waals surface area contributed by atoms with Crippen molar-refractivity contribution in [1.82, 2.24) is 19.8 Å². The highest BCUT2D eigenvalue weighted by atomic mass is 16.2. The first-order chi connectivity index (χ1) is 14.6. The van der Waals surface area contributed by atoms with Crippen LogP contribution in [-0.2, 0) is 14.4 Å². The van der Waals surface area contributed by atoms with E-state index in [0.29, 0.717) is 6.54 Å². The lowest BCUT2D eigenvalue weighted by Gasteiger charge is -2.35. The van der Waals surface area contributed by atoms with Crippen LogP contribution in [-0.4, -0.2) is 50.6 Å². The number of fused-ring (bicyclic) bond motifs is 2. The minimum Gasteiger partial charge on any atom is -0.340 e. The third kappa shape index (κ3) is 3.30. The summed E-state index contributed by atoms with van der Waals surface area (Å²) in [4.78, 5) is 49.8. The number of piperidine rings is 1. The van der Waals surface area contributed by atoms with Crippen molar-refractivity contribution in [3.8, 4) is 0 Å². The lowest BCUT2D eigenvalue weighted by atomic mass is 9.81. The Morgan fingerprint density at radius 1 is 1.00 bits per heavy atom. The van der Waals surface area contributed by atoms with Gasteiger partial charge in [0, 0.05) is 19.5 Å². The molecule has 0 radical (unpaired) electrons. The normalized spacial score (nSPS) is 27.0. The van der Waals surface area contributed by atoms with Crippen LogP contribution in [0.1, 0.15) is 63.2 Å². The molecule has 3 fully saturated rings. The molecule has 2 aliphatic heterocycles. The Kier molecular flexibility index (Phi) is 5.05. The van der Waals surface area contributed by atoms with Crippen molar-refractivity contribution < 1.29 is 14.4 Å². The number of likely N-dealkylation sites (tertiary alicyclic amines) is 2. The molecule has 3 aliphatic rings. The molecule has 1 aliphatic carbocycles. The number of rotatable bonds is 4. The molecule has 3 atom stereocenters. The molecule has 0 unspecified atom stereocenters. The van der Waals surface area contributed by atoms with E-state index < -0.39 is 0 Å². The van der Waals surface area contributed by atoms with Crippen LogP contribution < -0.4 is 0 Å². The summed E-state index contributed by atoms with van der Waals surface area (Å²) < 4.78 is 0. The van der Waals surface area contributed by atoms with Gasteiger partial charge in [0.15, 0.2) is 0 Å². The van der Waals surface area contributed by atoms with Gasteiger partial charge in [-0.05, 0) is 44.2 Å². The molecule has 1 aromatic heterocycles. The first-order valence-corrected chi connectivity index (χ1v) is 11.2. The average molecular weight is 409 g/mol. The zero-order valence-electron chi connectivity index (χ0n) is 17.2. The zero-order chi connectivity index (χ0) is 20.7. The van der Waals surface area contributed by atoms with Crippen molar-refractivity contribution in [2.45, 2.75) is 57.4 Å². The van der Waals surface area contributed by atoms with Gasteiger partial charge in [-0.2, -0.15) is 0 Å². The fraction of sp³-hybridized carbons (Fsp3) is 0.565. The summed E-state index contributed by atoms with van der Waals surface area (Å²) in [5.41, 5.74) is 1.88. The quantitative estimate of drug-likeness (QED) is 0.787. The van der Waals surface area contributed by atoms with Crippen LogP contribution >= 0.6 is 0 Å². The summed E-state index contributed by atoms with van der Waals surface area (Å²) in [5, 5.41) is 0. The van der Waals surface area contributed by atoms with Crippen LogP contribution in [0.2, 0.25) is 0 Å². The molecule has 3 heterocycles. The van der Waals surface area contributed by atoms with Gasteiger partial charge in [0.1, 0.15) is 5.82 Å². The van der Waals surface area contributed by atoms with E-state index in [1.807, 2.05) is 29.2 Å². The Bertz CT molecular complexity index is 927. The molecule has 1 N–H and O–H groups in total. The molecule has 2 aromatic rings. The van der Waals surface area contributed by atoms with Crippen LogP contribution in [0.25, 0.3) is 11.0 Å². The number of aromatic amines is 1. The molecule has 0 bridgehead atoms. The van der Waals surface area contributed by atoms with E-state index in [1.165, 1.54) is 4.90 Å². The molecular formula is C23H28N4O3. The van der Waals surface area contributed by atoms with E-state index >= 15 is 0 Å². The molecule has 3 amide bonds. The number of hydrogen-bond acceptors (Lipinski definition) is 4. The van der Waals surface area contributed by atoms with E-state index in [1.54, 1.807) is 0 Å². The molecule has 7 heteroatoms. The predicted molar refractivity (Wildman–Crippen MR) is 111 cm³/mol. The molecule has 0 spiro atoms. The number of hydrogen-bond donors (Lipinski definition) is 1. The van der Waals surface area contributed by atoms with Crippen molar-refractivity contribution >= 4 is 28.8 Å². The van der Waals surface area contributed by atoms with Gasteiger partial charge in [-0.1, -0.05) is 25.0 Å². The highest BCUT2D eigenvalue weighted by Gasteiger charge is 2.48. The maximum atomic E-state index is 13.1. The fourth-order valence-electron chi connectivity index (χ4n) is 5.45. The fourth-order valence-corrected chi connectivity index (χ4v) is 5.45. The van der Waals surface area contributed by atoms with Crippen molar-refractivity contribution in [2.75, 3.05) is 13.1 Å². The largest absolute Gasteiger partial charge is 0.340 e. The molecule has 2 saturated heterocycles. The second-order valence-corrected chi connectivity index (χ2v) is 8.81. The summed E-state index contributed by atoms with van der Waals surface area (Å²) in [5.74, 6) is 0.383. The summed E-state index contributed by atoms with van der Waals surface area (Å²) >= 11 is 0. The number of H-pyrrole nitrogens is 1. The van der Waals surface area contributed by atoms with E-state index in [9.17, 15) is 14.4 Å². The number of aromatic nitrogens is 2. The molecule has 30 heavy (non-hydrogen) atoms. The van der Waals surface area contributed by atoms with Crippen molar-refractivity contribution in [3.05, 3.63) is 30.1 Å². The number of benzene rings is 1. The van der Waals surface area contributed by atoms with E-state index in [4.69, 9.17) is 4.98 Å². The van der Waals surface area contributed by atoms with Gasteiger partial charge in [-0.25, -0.2) is 4.98 Å². The lowest BCUT2D eigenvalue weighted by molar-refractivity contribution is -0.141. The zero-order valence-corrected chi connectivity index (χ0v) is 17.2. The average Bonchev–Trinajstić information content (AvgIpc) is 3.32. The second-order valence-electron chi connectivity index (χ2n) is 8.81. The Hall–Kier alpha value is -2.70. The Morgan fingerprint density at radius 3 is 2.43 bits per heavy atom. The van der Waals surface area contributed by atoms with Crippen molar-refractivity contribution in [1.29, 1.82) is 0 Å². The summed E-state index contributed by atoms with van der Waals surface area (Å²) in [7, 11) is 0. The summed E-state index contributed by atoms with van der Waals surface area (Å²) in [6.45, 7) is 0.889. The highest BCUT2D eigenvalue weighted by Crippen LogP contribution is 2.38. The number of amides is 3. The number of carbonyl (C=O) groups excluding carboxylic acids is 3. The van der Waals surface area contributed by atoms with Crippen LogP contribution in [0.4, 0.5) is 0 Å². The smallest absolute Gasteiger partial charge is 0.233 e. The predicted octanol–water partition coefficient (Wildman–Crippen LogP) is 3.18. The number of para-hydroxylation sites is 2. The van der Waals surface area contributed by atoms with Gasteiger partial charge in [0.25, 0.3) is 0 Å². The Balaban J connectivity index is 1.28. The van der Waals surface area contributed by atoms with Crippen LogP contribution in [0.15, 0.2) is 24.3 Å². The third-order valence-corrected chi connectivity index (χ3v) is 7.03. The summed E-state index contributed by atoms with van der Waals surface area (Å²) in [6.07, 6.45) is 6.72. The number of nitrogens with one attached hydrogen (secondary N) is 1. The number of carbonyl (C=O) groups is 3. The van der Waals surface area contributed by atoms with E-state index in [2.05, 4.69) is 4.98 Å². The monoisotopic (exact) mass is 408 g/mol.